The van der Waals surface area contributed by atoms with E-state index in [-0.39, 0.29) is 6.04 Å². The van der Waals surface area contributed by atoms with E-state index in [1.165, 1.54) is 0 Å². The molecule has 1 aromatic carbocycles. The van der Waals surface area contributed by atoms with Crippen molar-refractivity contribution in [2.24, 2.45) is 0 Å². The van der Waals surface area contributed by atoms with E-state index in [9.17, 15) is 0 Å². The van der Waals surface area contributed by atoms with Crippen LogP contribution < -0.4 is 14.8 Å². The first-order chi connectivity index (χ1) is 9.71. The molecule has 0 spiro atoms. The van der Waals surface area contributed by atoms with Crippen LogP contribution in [0.1, 0.15) is 11.6 Å². The van der Waals surface area contributed by atoms with Crippen molar-refractivity contribution in [3.05, 3.63) is 34.8 Å². The molecule has 0 unspecified atom stereocenters. The molecule has 0 amide bonds. The summed E-state index contributed by atoms with van der Waals surface area (Å²) in [6.07, 6.45) is 1.98. The SMILES string of the molecule is C=C[C@@H](c1cc(OC)c(Br)c(OC)c1)N1CCNCC1. The number of halogens is 1. The van der Waals surface area contributed by atoms with Crippen LogP contribution in [0.2, 0.25) is 0 Å². The maximum absolute atomic E-state index is 5.42. The summed E-state index contributed by atoms with van der Waals surface area (Å²) in [4.78, 5) is 2.41. The molecule has 0 aliphatic carbocycles. The highest BCUT2D eigenvalue weighted by Crippen LogP contribution is 2.38. The Morgan fingerprint density at radius 2 is 1.80 bits per heavy atom. The monoisotopic (exact) mass is 340 g/mol. The van der Waals surface area contributed by atoms with Gasteiger partial charge in [-0.15, -0.1) is 6.58 Å². The lowest BCUT2D eigenvalue weighted by Gasteiger charge is -2.33. The molecule has 1 aliphatic heterocycles. The van der Waals surface area contributed by atoms with Crippen molar-refractivity contribution in [2.45, 2.75) is 6.04 Å². The van der Waals surface area contributed by atoms with Crippen LogP contribution in [0, 0.1) is 0 Å². The van der Waals surface area contributed by atoms with Crippen molar-refractivity contribution >= 4 is 15.9 Å². The van der Waals surface area contributed by atoms with E-state index in [2.05, 4.69) is 32.7 Å². The molecule has 5 heteroatoms. The van der Waals surface area contributed by atoms with Crippen molar-refractivity contribution < 1.29 is 9.47 Å². The minimum absolute atomic E-state index is 0.174. The summed E-state index contributed by atoms with van der Waals surface area (Å²) in [6, 6.07) is 4.26. The molecule has 1 saturated heterocycles. The standard InChI is InChI=1S/C15H21BrN2O2/c1-4-12(18-7-5-17-6-8-18)11-9-13(19-2)15(16)14(10-11)20-3/h4,9-10,12,17H,1,5-8H2,2-3H3/t12-/m0/s1. The Balaban J connectivity index is 2.35. The summed E-state index contributed by atoms with van der Waals surface area (Å²) in [5.74, 6) is 1.56. The van der Waals surface area contributed by atoms with Gasteiger partial charge in [0, 0.05) is 26.2 Å². The first-order valence-corrected chi connectivity index (χ1v) is 7.49. The number of ether oxygens (including phenoxy) is 2. The zero-order chi connectivity index (χ0) is 14.5. The number of nitrogens with zero attached hydrogens (tertiary/aromatic N) is 1. The molecule has 0 radical (unpaired) electrons. The number of hydrogen-bond donors (Lipinski definition) is 1. The second kappa shape index (κ2) is 7.11. The first-order valence-electron chi connectivity index (χ1n) is 6.70. The van der Waals surface area contributed by atoms with Gasteiger partial charge in [0.05, 0.1) is 20.3 Å². The highest BCUT2D eigenvalue weighted by Gasteiger charge is 2.22. The van der Waals surface area contributed by atoms with Crippen LogP contribution in [0.4, 0.5) is 0 Å². The highest BCUT2D eigenvalue weighted by atomic mass is 79.9. The summed E-state index contributed by atoms with van der Waals surface area (Å²) in [7, 11) is 3.33. The molecule has 0 bridgehead atoms. The minimum Gasteiger partial charge on any atom is -0.495 e. The molecule has 1 N–H and O–H groups in total. The summed E-state index contributed by atoms with van der Waals surface area (Å²) in [6.45, 7) is 8.03. The largest absolute Gasteiger partial charge is 0.495 e. The van der Waals surface area contributed by atoms with Crippen LogP contribution in [-0.2, 0) is 0 Å². The van der Waals surface area contributed by atoms with Crippen molar-refractivity contribution in [3.63, 3.8) is 0 Å². The Bertz CT molecular complexity index is 448. The predicted octanol–water partition coefficient (Wildman–Crippen LogP) is 2.60. The Morgan fingerprint density at radius 3 is 2.25 bits per heavy atom. The van der Waals surface area contributed by atoms with Gasteiger partial charge in [-0.2, -0.15) is 0 Å². The summed E-state index contributed by atoms with van der Waals surface area (Å²) in [5.41, 5.74) is 1.14. The van der Waals surface area contributed by atoms with Crippen LogP contribution in [-0.4, -0.2) is 45.3 Å². The highest BCUT2D eigenvalue weighted by molar-refractivity contribution is 9.10. The molecule has 20 heavy (non-hydrogen) atoms. The Morgan fingerprint density at radius 1 is 1.25 bits per heavy atom. The maximum Gasteiger partial charge on any atom is 0.137 e. The van der Waals surface area contributed by atoms with Crippen LogP contribution in [0.3, 0.4) is 0 Å². The molecule has 0 aromatic heterocycles. The number of methoxy groups -OCH3 is 2. The zero-order valence-corrected chi connectivity index (χ0v) is 13.6. The van der Waals surface area contributed by atoms with Crippen molar-refractivity contribution in [3.8, 4) is 11.5 Å². The molecule has 1 aromatic rings. The smallest absolute Gasteiger partial charge is 0.137 e. The Hall–Kier alpha value is -1.04. The van der Waals surface area contributed by atoms with Crippen LogP contribution in [0.5, 0.6) is 11.5 Å². The van der Waals surface area contributed by atoms with Crippen molar-refractivity contribution in [1.29, 1.82) is 0 Å². The van der Waals surface area contributed by atoms with E-state index in [0.29, 0.717) is 0 Å². The van der Waals surface area contributed by atoms with Gasteiger partial charge in [0.15, 0.2) is 0 Å². The number of piperazine rings is 1. The molecular weight excluding hydrogens is 320 g/mol. The van der Waals surface area contributed by atoms with E-state index >= 15 is 0 Å². The van der Waals surface area contributed by atoms with Gasteiger partial charge in [0.2, 0.25) is 0 Å². The average molecular weight is 341 g/mol. The number of hydrogen-bond acceptors (Lipinski definition) is 4. The van der Waals surface area contributed by atoms with Gasteiger partial charge in [0.1, 0.15) is 16.0 Å². The maximum atomic E-state index is 5.42. The van der Waals surface area contributed by atoms with Gasteiger partial charge in [-0.3, -0.25) is 4.90 Å². The third kappa shape index (κ3) is 3.16. The fraction of sp³-hybridized carbons (Fsp3) is 0.467. The molecule has 1 aliphatic rings. The van der Waals surface area contributed by atoms with Gasteiger partial charge in [-0.1, -0.05) is 6.08 Å². The molecule has 4 nitrogen and oxygen atoms in total. The molecule has 0 saturated carbocycles. The van der Waals surface area contributed by atoms with Crippen LogP contribution in [0.15, 0.2) is 29.3 Å². The first kappa shape index (κ1) is 15.4. The topological polar surface area (TPSA) is 33.7 Å². The average Bonchev–Trinajstić information content (AvgIpc) is 2.50. The lowest BCUT2D eigenvalue weighted by Crippen LogP contribution is -2.44. The lowest BCUT2D eigenvalue weighted by atomic mass is 10.0. The normalized spacial score (nSPS) is 17.6. The Kier molecular flexibility index (Phi) is 5.46. The number of nitrogens with one attached hydrogen (secondary N) is 1. The summed E-state index contributed by atoms with van der Waals surface area (Å²) >= 11 is 3.50. The number of benzene rings is 1. The van der Waals surface area contributed by atoms with E-state index in [0.717, 1.165) is 47.7 Å². The van der Waals surface area contributed by atoms with E-state index in [4.69, 9.17) is 9.47 Å². The van der Waals surface area contributed by atoms with Crippen molar-refractivity contribution in [1.82, 2.24) is 10.2 Å². The molecular formula is C15H21BrN2O2. The van der Waals surface area contributed by atoms with Gasteiger partial charge in [0.25, 0.3) is 0 Å². The fourth-order valence-corrected chi connectivity index (χ4v) is 3.07. The second-order valence-corrected chi connectivity index (χ2v) is 5.50. The van der Waals surface area contributed by atoms with E-state index < -0.39 is 0 Å². The number of rotatable bonds is 5. The van der Waals surface area contributed by atoms with Crippen LogP contribution >= 0.6 is 15.9 Å². The van der Waals surface area contributed by atoms with Crippen molar-refractivity contribution in [2.75, 3.05) is 40.4 Å². The fourth-order valence-electron chi connectivity index (χ4n) is 2.52. The summed E-state index contributed by atoms with van der Waals surface area (Å²) in [5, 5.41) is 3.37. The predicted molar refractivity (Wildman–Crippen MR) is 84.6 cm³/mol. The van der Waals surface area contributed by atoms with Gasteiger partial charge < -0.3 is 14.8 Å². The van der Waals surface area contributed by atoms with E-state index in [1.54, 1.807) is 14.2 Å². The summed E-state index contributed by atoms with van der Waals surface area (Å²) < 4.78 is 11.7. The molecule has 1 fully saturated rings. The quantitative estimate of drug-likeness (QED) is 0.835. The minimum atomic E-state index is 0.174. The zero-order valence-electron chi connectivity index (χ0n) is 12.0. The third-order valence-corrected chi connectivity index (χ3v) is 4.36. The molecule has 1 heterocycles. The lowest BCUT2D eigenvalue weighted by molar-refractivity contribution is 0.203. The van der Waals surface area contributed by atoms with Gasteiger partial charge in [-0.05, 0) is 33.6 Å². The van der Waals surface area contributed by atoms with Gasteiger partial charge >= 0.3 is 0 Å². The Labute approximate surface area is 128 Å². The molecule has 2 rings (SSSR count). The second-order valence-electron chi connectivity index (χ2n) is 4.71. The third-order valence-electron chi connectivity index (χ3n) is 3.58. The van der Waals surface area contributed by atoms with Crippen LogP contribution in [0.25, 0.3) is 0 Å². The van der Waals surface area contributed by atoms with E-state index in [1.807, 2.05) is 18.2 Å². The molecule has 110 valence electrons. The molecule has 1 atom stereocenters. The van der Waals surface area contributed by atoms with Gasteiger partial charge in [-0.25, -0.2) is 0 Å².